The fourth-order valence-electron chi connectivity index (χ4n) is 6.73. The van der Waals surface area contributed by atoms with E-state index < -0.39 is 51.1 Å². The molecule has 43 heavy (non-hydrogen) atoms. The standard InChI is InChI=1S/C29H30N4O9S/c1-31-12-13-42-21-14-16(10-11-19(21)31)43(37,38)33-20(25(34)39-3)15-29-17-8-6-7-9-18(17)32(2)24(29)22(26(35)40-4)23(27(36)41-5)30-28(29)33/h6-11,14,20,24H,12-13,15H2,1-5H3/t20-,24-,29-/m0/s1. The maximum absolute atomic E-state index is 14.6. The lowest BCUT2D eigenvalue weighted by Gasteiger charge is -2.39. The summed E-state index contributed by atoms with van der Waals surface area (Å²) in [6.07, 6.45) is -0.122. The van der Waals surface area contributed by atoms with Crippen molar-refractivity contribution >= 4 is 45.1 Å². The molecule has 0 unspecified atom stereocenters. The van der Waals surface area contributed by atoms with Crippen LogP contribution in [0, 0.1) is 0 Å². The number of carbonyl (C=O) groups excluding carboxylic acids is 3. The van der Waals surface area contributed by atoms with E-state index in [1.165, 1.54) is 26.4 Å². The van der Waals surface area contributed by atoms with Gasteiger partial charge in [-0.15, -0.1) is 0 Å². The summed E-state index contributed by atoms with van der Waals surface area (Å²) in [6.45, 7) is 1.00. The van der Waals surface area contributed by atoms with Gasteiger partial charge in [0, 0.05) is 25.8 Å². The molecule has 0 aromatic heterocycles. The first-order valence-corrected chi connectivity index (χ1v) is 14.9. The lowest BCUT2D eigenvalue weighted by atomic mass is 9.69. The Morgan fingerprint density at radius 3 is 2.40 bits per heavy atom. The van der Waals surface area contributed by atoms with Crippen LogP contribution in [0.5, 0.6) is 5.75 Å². The highest BCUT2D eigenvalue weighted by atomic mass is 32.2. The molecule has 0 N–H and O–H groups in total. The zero-order valence-electron chi connectivity index (χ0n) is 24.2. The zero-order chi connectivity index (χ0) is 30.8. The molecule has 0 bridgehead atoms. The number of methoxy groups -OCH3 is 3. The number of amidine groups is 1. The van der Waals surface area contributed by atoms with E-state index in [0.29, 0.717) is 35.8 Å². The van der Waals surface area contributed by atoms with Crippen LogP contribution in [0.2, 0.25) is 0 Å². The van der Waals surface area contributed by atoms with Crippen molar-refractivity contribution in [2.75, 3.05) is 58.4 Å². The maximum atomic E-state index is 14.6. The summed E-state index contributed by atoms with van der Waals surface area (Å²) in [4.78, 5) is 48.0. The Morgan fingerprint density at radius 1 is 0.977 bits per heavy atom. The molecule has 0 aliphatic carbocycles. The number of benzene rings is 2. The van der Waals surface area contributed by atoms with Crippen molar-refractivity contribution in [2.45, 2.75) is 28.8 Å². The van der Waals surface area contributed by atoms with Gasteiger partial charge in [-0.05, 0) is 30.2 Å². The van der Waals surface area contributed by atoms with Gasteiger partial charge in [0.2, 0.25) is 0 Å². The average molecular weight is 611 g/mol. The molecule has 14 heteroatoms. The highest BCUT2D eigenvalue weighted by Gasteiger charge is 2.68. The summed E-state index contributed by atoms with van der Waals surface area (Å²) in [5.41, 5.74) is 0.140. The van der Waals surface area contributed by atoms with E-state index in [0.717, 1.165) is 11.4 Å². The summed E-state index contributed by atoms with van der Waals surface area (Å²) in [5.74, 6) is -2.35. The van der Waals surface area contributed by atoms with Crippen LogP contribution in [0.1, 0.15) is 12.0 Å². The van der Waals surface area contributed by atoms with Gasteiger partial charge in [-0.1, -0.05) is 18.2 Å². The molecule has 3 atom stereocenters. The zero-order valence-corrected chi connectivity index (χ0v) is 25.0. The second kappa shape index (κ2) is 10.0. The van der Waals surface area contributed by atoms with Crippen molar-refractivity contribution in [1.29, 1.82) is 0 Å². The number of likely N-dealkylation sites (N-methyl/N-ethyl adjacent to an activating group) is 2. The molecule has 0 saturated carbocycles. The Kier molecular flexibility index (Phi) is 6.64. The highest BCUT2D eigenvalue weighted by Crippen LogP contribution is 2.58. The third-order valence-electron chi connectivity index (χ3n) is 8.61. The number of aliphatic imine (C=N–C) groups is 1. The monoisotopic (exact) mass is 610 g/mol. The van der Waals surface area contributed by atoms with Gasteiger partial charge < -0.3 is 28.7 Å². The molecule has 4 heterocycles. The summed E-state index contributed by atoms with van der Waals surface area (Å²) in [7, 11) is 2.54. The van der Waals surface area contributed by atoms with Gasteiger partial charge in [0.05, 0.1) is 55.5 Å². The fourth-order valence-corrected chi connectivity index (χ4v) is 8.38. The molecule has 0 radical (unpaired) electrons. The second-order valence-electron chi connectivity index (χ2n) is 10.6. The molecular formula is C29H30N4O9S. The van der Waals surface area contributed by atoms with Gasteiger partial charge in [-0.25, -0.2) is 32.1 Å². The van der Waals surface area contributed by atoms with Gasteiger partial charge in [0.25, 0.3) is 10.0 Å². The summed E-state index contributed by atoms with van der Waals surface area (Å²) >= 11 is 0. The van der Waals surface area contributed by atoms with Gasteiger partial charge in [0.15, 0.2) is 5.70 Å². The molecule has 6 rings (SSSR count). The maximum Gasteiger partial charge on any atom is 0.357 e. The lowest BCUT2D eigenvalue weighted by molar-refractivity contribution is -0.144. The van der Waals surface area contributed by atoms with Crippen molar-refractivity contribution in [1.82, 2.24) is 4.31 Å². The van der Waals surface area contributed by atoms with Crippen LogP contribution < -0.4 is 14.5 Å². The number of anilines is 2. The van der Waals surface area contributed by atoms with Crippen LogP contribution in [-0.4, -0.2) is 97.1 Å². The minimum atomic E-state index is -4.53. The van der Waals surface area contributed by atoms with Crippen molar-refractivity contribution < 1.29 is 41.7 Å². The molecule has 2 aromatic rings. The summed E-state index contributed by atoms with van der Waals surface area (Å²) in [5, 5.41) is 0. The Morgan fingerprint density at radius 2 is 1.70 bits per heavy atom. The third kappa shape index (κ3) is 3.85. The topological polar surface area (TPSA) is 144 Å². The summed E-state index contributed by atoms with van der Waals surface area (Å²) < 4.78 is 51.1. The predicted octanol–water partition coefficient (Wildman–Crippen LogP) is 1.22. The molecular weight excluding hydrogens is 580 g/mol. The molecule has 4 aliphatic heterocycles. The van der Waals surface area contributed by atoms with Crippen molar-refractivity contribution in [2.24, 2.45) is 4.99 Å². The molecule has 226 valence electrons. The lowest BCUT2D eigenvalue weighted by Crippen LogP contribution is -2.55. The van der Waals surface area contributed by atoms with E-state index >= 15 is 0 Å². The van der Waals surface area contributed by atoms with Crippen LogP contribution in [0.3, 0.4) is 0 Å². The number of rotatable bonds is 5. The van der Waals surface area contributed by atoms with E-state index in [1.807, 2.05) is 18.0 Å². The number of esters is 3. The van der Waals surface area contributed by atoms with Crippen LogP contribution in [-0.2, 0) is 44.0 Å². The number of ether oxygens (including phenoxy) is 4. The number of sulfonamides is 1. The molecule has 13 nitrogen and oxygen atoms in total. The quantitative estimate of drug-likeness (QED) is 0.356. The van der Waals surface area contributed by atoms with E-state index in [1.54, 1.807) is 36.2 Å². The van der Waals surface area contributed by atoms with Crippen molar-refractivity contribution in [3.8, 4) is 5.75 Å². The van der Waals surface area contributed by atoms with Crippen LogP contribution >= 0.6 is 0 Å². The number of hydrogen-bond acceptors (Lipinski definition) is 12. The minimum Gasteiger partial charge on any atom is -0.490 e. The van der Waals surface area contributed by atoms with Gasteiger partial charge in [-0.3, -0.25) is 0 Å². The number of carbonyl (C=O) groups is 3. The van der Waals surface area contributed by atoms with E-state index in [9.17, 15) is 22.8 Å². The highest BCUT2D eigenvalue weighted by molar-refractivity contribution is 7.89. The van der Waals surface area contributed by atoms with Crippen LogP contribution in [0.25, 0.3) is 0 Å². The number of fused-ring (bicyclic) bond motifs is 2. The third-order valence-corrected chi connectivity index (χ3v) is 10.4. The number of para-hydroxylation sites is 1. The van der Waals surface area contributed by atoms with Crippen molar-refractivity contribution in [3.63, 3.8) is 0 Å². The van der Waals surface area contributed by atoms with E-state index in [2.05, 4.69) is 4.99 Å². The number of hydrogen-bond donors (Lipinski definition) is 0. The fraction of sp³-hybridized carbons (Fsp3) is 0.379. The first-order valence-electron chi connectivity index (χ1n) is 13.5. The predicted molar refractivity (Wildman–Crippen MR) is 153 cm³/mol. The molecule has 1 fully saturated rings. The second-order valence-corrected chi connectivity index (χ2v) is 12.4. The first-order chi connectivity index (χ1) is 20.5. The Balaban J connectivity index is 1.65. The normalized spacial score (nSPS) is 23.8. The number of nitrogens with zero attached hydrogens (tertiary/aromatic N) is 4. The Hall–Kier alpha value is -4.59. The molecule has 1 saturated heterocycles. The average Bonchev–Trinajstić information content (AvgIpc) is 3.50. The minimum absolute atomic E-state index is 0.103. The van der Waals surface area contributed by atoms with Crippen molar-refractivity contribution in [3.05, 3.63) is 59.3 Å². The SMILES string of the molecule is COC(=O)C1=C(C(=O)OC)[C@@H]2N(C)c3ccccc3[C@@]23C[C@@H](C(=O)OC)N(S(=O)(=O)c2ccc4c(c2)OCCN4C)C3=N1. The Bertz CT molecular complexity index is 1740. The van der Waals surface area contributed by atoms with Crippen LogP contribution in [0.4, 0.5) is 11.4 Å². The Labute approximate surface area is 248 Å². The van der Waals surface area contributed by atoms with E-state index in [4.69, 9.17) is 18.9 Å². The molecule has 4 aliphatic rings. The molecule has 1 spiro atoms. The summed E-state index contributed by atoms with van der Waals surface area (Å²) in [6, 6.07) is 9.32. The first kappa shape index (κ1) is 28.5. The van der Waals surface area contributed by atoms with Gasteiger partial charge in [0.1, 0.15) is 24.2 Å². The van der Waals surface area contributed by atoms with Crippen LogP contribution in [0.15, 0.2) is 63.6 Å². The van der Waals surface area contributed by atoms with Gasteiger partial charge in [-0.2, -0.15) is 0 Å². The molecule has 2 aromatic carbocycles. The smallest absolute Gasteiger partial charge is 0.357 e. The largest absolute Gasteiger partial charge is 0.490 e. The molecule has 0 amide bonds. The van der Waals surface area contributed by atoms with E-state index in [-0.39, 0.29) is 22.7 Å². The van der Waals surface area contributed by atoms with Gasteiger partial charge >= 0.3 is 17.9 Å².